The van der Waals surface area contributed by atoms with E-state index in [-0.39, 0.29) is 18.2 Å². The maximum Gasteiger partial charge on any atom is 0.130 e. The number of hydrogen-bond acceptors (Lipinski definition) is 3. The predicted octanol–water partition coefficient (Wildman–Crippen LogP) is 3.04. The van der Waals surface area contributed by atoms with Crippen LogP contribution in [0.5, 0.6) is 0 Å². The molecule has 0 radical (unpaired) electrons. The highest BCUT2D eigenvalue weighted by atomic mass is 32.2. The second-order valence-corrected chi connectivity index (χ2v) is 5.67. The number of hydrogen-bond donors (Lipinski definition) is 1. The maximum absolute atomic E-state index is 13.8. The summed E-state index contributed by atoms with van der Waals surface area (Å²) < 4.78 is 27.7. The van der Waals surface area contributed by atoms with Gasteiger partial charge in [0.2, 0.25) is 0 Å². The molecule has 0 saturated carbocycles. The van der Waals surface area contributed by atoms with Gasteiger partial charge >= 0.3 is 0 Å². The molecule has 2 N–H and O–H groups in total. The van der Waals surface area contributed by atoms with E-state index in [1.807, 2.05) is 18.2 Å². The van der Waals surface area contributed by atoms with Crippen molar-refractivity contribution in [1.82, 2.24) is 4.90 Å². The minimum absolute atomic E-state index is 0.0727. The predicted molar refractivity (Wildman–Crippen MR) is 78.4 cm³/mol. The lowest BCUT2D eigenvalue weighted by atomic mass is 10.0. The van der Waals surface area contributed by atoms with Gasteiger partial charge in [0.05, 0.1) is 6.04 Å². The third kappa shape index (κ3) is 4.16. The molecule has 0 aliphatic rings. The van der Waals surface area contributed by atoms with Gasteiger partial charge in [-0.3, -0.25) is 4.90 Å². The molecule has 0 fully saturated rings. The van der Waals surface area contributed by atoms with Crippen LogP contribution in [0.15, 0.2) is 18.2 Å². The zero-order valence-electron chi connectivity index (χ0n) is 11.7. The van der Waals surface area contributed by atoms with Crippen molar-refractivity contribution < 1.29 is 8.78 Å². The third-order valence-electron chi connectivity index (χ3n) is 3.48. The van der Waals surface area contributed by atoms with E-state index in [0.29, 0.717) is 0 Å². The van der Waals surface area contributed by atoms with Gasteiger partial charge < -0.3 is 5.73 Å². The van der Waals surface area contributed by atoms with E-state index in [4.69, 9.17) is 5.73 Å². The van der Waals surface area contributed by atoms with Gasteiger partial charge in [-0.1, -0.05) is 6.07 Å². The van der Waals surface area contributed by atoms with Gasteiger partial charge in [0.15, 0.2) is 0 Å². The molecule has 1 rings (SSSR count). The van der Waals surface area contributed by atoms with Gasteiger partial charge in [-0.25, -0.2) is 8.78 Å². The normalized spacial score (nSPS) is 14.7. The van der Waals surface area contributed by atoms with Crippen LogP contribution in [0.25, 0.3) is 0 Å². The fraction of sp³-hybridized carbons (Fsp3) is 0.571. The SMILES string of the molecule is CSCCC(C)N(C)C(CN)c1c(F)cccc1F. The summed E-state index contributed by atoms with van der Waals surface area (Å²) in [7, 11) is 1.87. The summed E-state index contributed by atoms with van der Waals surface area (Å²) >= 11 is 1.76. The molecule has 1 aromatic carbocycles. The first kappa shape index (κ1) is 16.4. The van der Waals surface area contributed by atoms with Crippen LogP contribution in [0.2, 0.25) is 0 Å². The van der Waals surface area contributed by atoms with E-state index in [0.717, 1.165) is 12.2 Å². The highest BCUT2D eigenvalue weighted by Gasteiger charge is 2.25. The molecule has 19 heavy (non-hydrogen) atoms. The monoisotopic (exact) mass is 288 g/mol. The van der Waals surface area contributed by atoms with Crippen LogP contribution in [0.3, 0.4) is 0 Å². The van der Waals surface area contributed by atoms with Gasteiger partial charge in [0, 0.05) is 18.2 Å². The minimum Gasteiger partial charge on any atom is -0.329 e. The molecule has 0 saturated heterocycles. The Balaban J connectivity index is 2.93. The lowest BCUT2D eigenvalue weighted by molar-refractivity contribution is 0.178. The summed E-state index contributed by atoms with van der Waals surface area (Å²) in [6.45, 7) is 2.25. The highest BCUT2D eigenvalue weighted by molar-refractivity contribution is 7.98. The van der Waals surface area contributed by atoms with Crippen LogP contribution in [-0.4, -0.2) is 36.5 Å². The Morgan fingerprint density at radius 2 is 1.89 bits per heavy atom. The smallest absolute Gasteiger partial charge is 0.130 e. The van der Waals surface area contributed by atoms with Crippen LogP contribution < -0.4 is 5.73 Å². The fourth-order valence-electron chi connectivity index (χ4n) is 2.12. The van der Waals surface area contributed by atoms with Crippen molar-refractivity contribution in [3.8, 4) is 0 Å². The van der Waals surface area contributed by atoms with E-state index in [1.165, 1.54) is 18.2 Å². The number of rotatable bonds is 7. The molecule has 0 amide bonds. The van der Waals surface area contributed by atoms with Gasteiger partial charge in [0.25, 0.3) is 0 Å². The molecule has 2 nitrogen and oxygen atoms in total. The van der Waals surface area contributed by atoms with Crippen LogP contribution in [0.4, 0.5) is 8.78 Å². The maximum atomic E-state index is 13.8. The van der Waals surface area contributed by atoms with Gasteiger partial charge in [-0.2, -0.15) is 11.8 Å². The zero-order valence-corrected chi connectivity index (χ0v) is 12.5. The minimum atomic E-state index is -0.528. The van der Waals surface area contributed by atoms with Crippen molar-refractivity contribution >= 4 is 11.8 Å². The van der Waals surface area contributed by atoms with E-state index < -0.39 is 17.7 Å². The number of likely N-dealkylation sites (N-methyl/N-ethyl adjacent to an activating group) is 1. The molecule has 0 aromatic heterocycles. The Morgan fingerprint density at radius 1 is 1.32 bits per heavy atom. The van der Waals surface area contributed by atoms with Crippen molar-refractivity contribution in [3.63, 3.8) is 0 Å². The van der Waals surface area contributed by atoms with Gasteiger partial charge in [-0.05, 0) is 44.5 Å². The number of benzene rings is 1. The molecule has 0 heterocycles. The molecule has 1 aromatic rings. The molecule has 2 atom stereocenters. The molecule has 0 spiro atoms. The average molecular weight is 288 g/mol. The van der Waals surface area contributed by atoms with Crippen molar-refractivity contribution in [1.29, 1.82) is 0 Å². The Kier molecular flexibility index (Phi) is 6.75. The second-order valence-electron chi connectivity index (χ2n) is 4.68. The Labute approximate surface area is 118 Å². The van der Waals surface area contributed by atoms with Crippen molar-refractivity contribution in [2.24, 2.45) is 5.73 Å². The summed E-state index contributed by atoms with van der Waals surface area (Å²) in [5.74, 6) is -0.0403. The summed E-state index contributed by atoms with van der Waals surface area (Å²) in [5.41, 5.74) is 5.80. The standard InChI is InChI=1S/C14H22F2N2S/c1-10(7-8-19-3)18(2)13(9-17)14-11(15)5-4-6-12(14)16/h4-6,10,13H,7-9,17H2,1-3H3. The number of thioether (sulfide) groups is 1. The summed E-state index contributed by atoms with van der Waals surface area (Å²) in [4.78, 5) is 1.96. The van der Waals surface area contributed by atoms with Crippen LogP contribution in [0, 0.1) is 11.6 Å². The first-order chi connectivity index (χ1) is 9.02. The lowest BCUT2D eigenvalue weighted by Gasteiger charge is -2.33. The molecule has 2 unspecified atom stereocenters. The first-order valence-corrected chi connectivity index (χ1v) is 7.77. The van der Waals surface area contributed by atoms with E-state index in [2.05, 4.69) is 6.92 Å². The molecule has 0 bridgehead atoms. The van der Waals surface area contributed by atoms with Gasteiger partial charge in [0.1, 0.15) is 11.6 Å². The summed E-state index contributed by atoms with van der Waals surface area (Å²) in [6, 6.07) is 3.72. The Morgan fingerprint density at radius 3 is 2.37 bits per heavy atom. The second kappa shape index (κ2) is 7.82. The molecular formula is C14H22F2N2S. The van der Waals surface area contributed by atoms with E-state index in [1.54, 1.807) is 11.8 Å². The molecular weight excluding hydrogens is 266 g/mol. The van der Waals surface area contributed by atoms with Gasteiger partial charge in [-0.15, -0.1) is 0 Å². The molecule has 0 aliphatic heterocycles. The summed E-state index contributed by atoms with van der Waals surface area (Å²) in [6.07, 6.45) is 3.01. The average Bonchev–Trinajstić information content (AvgIpc) is 2.39. The number of halogens is 2. The van der Waals surface area contributed by atoms with E-state index >= 15 is 0 Å². The molecule has 108 valence electrons. The summed E-state index contributed by atoms with van der Waals surface area (Å²) in [5, 5.41) is 0. The van der Waals surface area contributed by atoms with Crippen LogP contribution in [-0.2, 0) is 0 Å². The van der Waals surface area contributed by atoms with Crippen molar-refractivity contribution in [2.45, 2.75) is 25.4 Å². The Bertz CT molecular complexity index is 381. The quantitative estimate of drug-likeness (QED) is 0.836. The number of nitrogens with two attached hydrogens (primary N) is 1. The zero-order chi connectivity index (χ0) is 14.4. The van der Waals surface area contributed by atoms with E-state index in [9.17, 15) is 8.78 Å². The largest absolute Gasteiger partial charge is 0.329 e. The van der Waals surface area contributed by atoms with Crippen molar-refractivity contribution in [3.05, 3.63) is 35.4 Å². The van der Waals surface area contributed by atoms with Crippen molar-refractivity contribution in [2.75, 3.05) is 25.6 Å². The highest BCUT2D eigenvalue weighted by Crippen LogP contribution is 2.26. The first-order valence-electron chi connectivity index (χ1n) is 6.37. The topological polar surface area (TPSA) is 29.3 Å². The third-order valence-corrected chi connectivity index (χ3v) is 4.13. The number of nitrogens with zero attached hydrogens (tertiary/aromatic N) is 1. The lowest BCUT2D eigenvalue weighted by Crippen LogP contribution is -2.38. The molecule has 0 aliphatic carbocycles. The fourth-order valence-corrected chi connectivity index (χ4v) is 2.69. The van der Waals surface area contributed by atoms with Crippen LogP contribution >= 0.6 is 11.8 Å². The Hall–Kier alpha value is -0.650. The van der Waals surface area contributed by atoms with Crippen LogP contribution in [0.1, 0.15) is 24.9 Å². The molecule has 5 heteroatoms.